The van der Waals surface area contributed by atoms with Crippen LogP contribution in [0.2, 0.25) is 0 Å². The molecule has 0 radical (unpaired) electrons. The van der Waals surface area contributed by atoms with Crippen molar-refractivity contribution in [3.05, 3.63) is 41.7 Å². The summed E-state index contributed by atoms with van der Waals surface area (Å²) in [6.45, 7) is 0. The fraction of sp³-hybridized carbons (Fsp3) is 0.0909. The Bertz CT molecular complexity index is 644. The van der Waals surface area contributed by atoms with Crippen molar-refractivity contribution in [3.63, 3.8) is 0 Å². The Morgan fingerprint density at radius 2 is 1.70 bits per heavy atom. The van der Waals surface area contributed by atoms with E-state index in [0.717, 1.165) is 30.0 Å². The van der Waals surface area contributed by atoms with Gasteiger partial charge in [-0.25, -0.2) is 18.7 Å². The Morgan fingerprint density at radius 3 is 2.30 bits per heavy atom. The average molecular weight is 307 g/mol. The molecule has 0 amide bonds. The highest BCUT2D eigenvalue weighted by molar-refractivity contribution is 7.99. The zero-order valence-corrected chi connectivity index (χ0v) is 10.4. The van der Waals surface area contributed by atoms with E-state index in [1.54, 1.807) is 0 Å². The third kappa shape index (κ3) is 3.35. The Kier molecular flexibility index (Phi) is 3.80. The van der Waals surface area contributed by atoms with Crippen molar-refractivity contribution in [2.24, 2.45) is 0 Å². The van der Waals surface area contributed by atoms with E-state index in [9.17, 15) is 22.0 Å². The van der Waals surface area contributed by atoms with Crippen molar-refractivity contribution in [1.29, 1.82) is 0 Å². The second-order valence-electron chi connectivity index (χ2n) is 3.63. The van der Waals surface area contributed by atoms with Gasteiger partial charge in [0.2, 0.25) is 5.82 Å². The first kappa shape index (κ1) is 14.5. The average Bonchev–Trinajstić information content (AvgIpc) is 2.32. The van der Waals surface area contributed by atoms with E-state index in [4.69, 9.17) is 5.73 Å². The molecule has 2 aromatic rings. The molecule has 0 saturated carbocycles. The van der Waals surface area contributed by atoms with Gasteiger partial charge in [-0.1, -0.05) is 11.8 Å². The number of aromatic nitrogens is 2. The van der Waals surface area contributed by atoms with Crippen molar-refractivity contribution in [2.75, 3.05) is 5.73 Å². The first-order valence-electron chi connectivity index (χ1n) is 5.10. The quantitative estimate of drug-likeness (QED) is 0.681. The topological polar surface area (TPSA) is 51.8 Å². The molecule has 0 aliphatic carbocycles. The van der Waals surface area contributed by atoms with Crippen molar-refractivity contribution >= 4 is 17.6 Å². The molecular weight excluding hydrogens is 301 g/mol. The van der Waals surface area contributed by atoms with Gasteiger partial charge < -0.3 is 5.73 Å². The molecule has 1 aromatic heterocycles. The van der Waals surface area contributed by atoms with Crippen LogP contribution in [-0.4, -0.2) is 9.97 Å². The summed E-state index contributed by atoms with van der Waals surface area (Å²) >= 11 is 0.717. The summed E-state index contributed by atoms with van der Waals surface area (Å²) in [5, 5.41) is -0.115. The Hall–Kier alpha value is -1.90. The molecule has 1 heterocycles. The maximum atomic E-state index is 13.0. The lowest BCUT2D eigenvalue weighted by Gasteiger charge is -2.08. The number of hydrogen-bond acceptors (Lipinski definition) is 4. The molecular formula is C11H6F5N3S. The summed E-state index contributed by atoms with van der Waals surface area (Å²) in [6, 6.07) is 4.05. The van der Waals surface area contributed by atoms with E-state index in [0.29, 0.717) is 0 Å². The molecule has 1 aromatic carbocycles. The zero-order valence-electron chi connectivity index (χ0n) is 9.58. The first-order valence-corrected chi connectivity index (χ1v) is 5.92. The number of nitrogens with zero attached hydrogens (tertiary/aromatic N) is 2. The third-order valence-electron chi connectivity index (χ3n) is 2.09. The van der Waals surface area contributed by atoms with Gasteiger partial charge in [0.1, 0.15) is 10.8 Å². The molecule has 0 bridgehead atoms. The molecule has 9 heteroatoms. The lowest BCUT2D eigenvalue weighted by atomic mass is 10.3. The van der Waals surface area contributed by atoms with E-state index in [1.165, 1.54) is 6.07 Å². The highest BCUT2D eigenvalue weighted by Gasteiger charge is 2.35. The number of hydrogen-bond donors (Lipinski definition) is 1. The minimum atomic E-state index is -4.74. The van der Waals surface area contributed by atoms with Crippen LogP contribution in [0.15, 0.2) is 34.2 Å². The van der Waals surface area contributed by atoms with Crippen LogP contribution in [0.4, 0.5) is 27.8 Å². The van der Waals surface area contributed by atoms with E-state index < -0.39 is 23.6 Å². The van der Waals surface area contributed by atoms with Crippen molar-refractivity contribution in [1.82, 2.24) is 9.97 Å². The van der Waals surface area contributed by atoms with E-state index >= 15 is 0 Å². The maximum absolute atomic E-state index is 13.0. The third-order valence-corrected chi connectivity index (χ3v) is 3.00. The second kappa shape index (κ2) is 5.23. The molecule has 106 valence electrons. The van der Waals surface area contributed by atoms with Crippen LogP contribution >= 0.6 is 11.8 Å². The van der Waals surface area contributed by atoms with Crippen LogP contribution in [0.3, 0.4) is 0 Å². The monoisotopic (exact) mass is 307 g/mol. The predicted molar refractivity (Wildman–Crippen MR) is 61.9 cm³/mol. The summed E-state index contributed by atoms with van der Waals surface area (Å²) < 4.78 is 63.3. The number of alkyl halides is 3. The van der Waals surface area contributed by atoms with Gasteiger partial charge in [-0.05, 0) is 18.2 Å². The molecule has 2 rings (SSSR count). The van der Waals surface area contributed by atoms with E-state index in [2.05, 4.69) is 9.97 Å². The number of nitrogen functional groups attached to an aromatic ring is 1. The molecule has 0 aliphatic rings. The minimum Gasteiger partial charge on any atom is -0.384 e. The van der Waals surface area contributed by atoms with Crippen molar-refractivity contribution < 1.29 is 22.0 Å². The van der Waals surface area contributed by atoms with Crippen LogP contribution in [0, 0.1) is 11.6 Å². The molecule has 0 spiro atoms. The molecule has 3 nitrogen and oxygen atoms in total. The normalized spacial score (nSPS) is 11.7. The van der Waals surface area contributed by atoms with Crippen LogP contribution in [0.1, 0.15) is 5.82 Å². The molecule has 0 saturated heterocycles. The molecule has 0 unspecified atom stereocenters. The Labute approximate surface area is 114 Å². The fourth-order valence-corrected chi connectivity index (χ4v) is 2.13. The summed E-state index contributed by atoms with van der Waals surface area (Å²) in [4.78, 5) is 6.55. The van der Waals surface area contributed by atoms with Crippen LogP contribution in [0.25, 0.3) is 0 Å². The molecule has 20 heavy (non-hydrogen) atoms. The van der Waals surface area contributed by atoms with E-state index in [-0.39, 0.29) is 15.7 Å². The van der Waals surface area contributed by atoms with Crippen molar-refractivity contribution in [3.8, 4) is 0 Å². The standard InChI is InChI=1S/C11H6F5N3S/c12-6-2-1-5(3-7(6)13)20-9-4-8(17)18-10(19-9)11(14,15)16/h1-4H,(H2,17,18,19). The Morgan fingerprint density at radius 1 is 1.00 bits per heavy atom. The first-order chi connectivity index (χ1) is 9.25. The number of benzene rings is 1. The number of anilines is 1. The smallest absolute Gasteiger partial charge is 0.384 e. The lowest BCUT2D eigenvalue weighted by molar-refractivity contribution is -0.145. The van der Waals surface area contributed by atoms with Gasteiger partial charge >= 0.3 is 6.18 Å². The fourth-order valence-electron chi connectivity index (χ4n) is 1.28. The van der Waals surface area contributed by atoms with Gasteiger partial charge in [0.05, 0.1) is 0 Å². The Balaban J connectivity index is 2.33. The van der Waals surface area contributed by atoms with Crippen LogP contribution < -0.4 is 5.73 Å². The van der Waals surface area contributed by atoms with Gasteiger partial charge in [0, 0.05) is 11.0 Å². The van der Waals surface area contributed by atoms with Gasteiger partial charge in [0.25, 0.3) is 0 Å². The molecule has 2 N–H and O–H groups in total. The minimum absolute atomic E-state index is 0.115. The van der Waals surface area contributed by atoms with Gasteiger partial charge in [0.15, 0.2) is 11.6 Å². The zero-order chi connectivity index (χ0) is 14.9. The van der Waals surface area contributed by atoms with Gasteiger partial charge in [-0.2, -0.15) is 13.2 Å². The number of halogens is 5. The maximum Gasteiger partial charge on any atom is 0.451 e. The second-order valence-corrected chi connectivity index (χ2v) is 4.72. The molecule has 0 atom stereocenters. The largest absolute Gasteiger partial charge is 0.451 e. The highest BCUT2D eigenvalue weighted by atomic mass is 32.2. The number of nitrogens with two attached hydrogens (primary N) is 1. The summed E-state index contributed by atoms with van der Waals surface area (Å²) in [6.07, 6.45) is -4.74. The van der Waals surface area contributed by atoms with Gasteiger partial charge in [-0.3, -0.25) is 0 Å². The molecule has 0 aliphatic heterocycles. The summed E-state index contributed by atoms with van der Waals surface area (Å²) in [5.74, 6) is -3.90. The van der Waals surface area contributed by atoms with E-state index in [1.807, 2.05) is 0 Å². The van der Waals surface area contributed by atoms with Crippen LogP contribution in [0.5, 0.6) is 0 Å². The summed E-state index contributed by atoms with van der Waals surface area (Å²) in [5.41, 5.74) is 5.27. The molecule has 0 fully saturated rings. The van der Waals surface area contributed by atoms with Gasteiger partial charge in [-0.15, -0.1) is 0 Å². The highest BCUT2D eigenvalue weighted by Crippen LogP contribution is 2.32. The lowest BCUT2D eigenvalue weighted by Crippen LogP contribution is -2.12. The van der Waals surface area contributed by atoms with Crippen molar-refractivity contribution in [2.45, 2.75) is 16.1 Å². The SMILES string of the molecule is Nc1cc(Sc2ccc(F)c(F)c2)nc(C(F)(F)F)n1. The van der Waals surface area contributed by atoms with Crippen LogP contribution in [-0.2, 0) is 6.18 Å². The predicted octanol–water partition coefficient (Wildman–Crippen LogP) is 3.51. The summed E-state index contributed by atoms with van der Waals surface area (Å²) in [7, 11) is 0. The number of rotatable bonds is 2.